The van der Waals surface area contributed by atoms with Crippen LogP contribution in [0.5, 0.6) is 0 Å². The lowest BCUT2D eigenvalue weighted by molar-refractivity contribution is 0.405. The number of amidine groups is 1. The fraction of sp³-hybridized carbons (Fsp3) is 0.238. The summed E-state index contributed by atoms with van der Waals surface area (Å²) in [5.41, 5.74) is 7.57. The van der Waals surface area contributed by atoms with Crippen LogP contribution < -0.4 is 11.1 Å². The number of benzene rings is 2. The average Bonchev–Trinajstić information content (AvgIpc) is 2.70. The first kappa shape index (κ1) is 19.4. The second kappa shape index (κ2) is 9.05. The number of aromatic nitrogens is 1. The quantitative estimate of drug-likeness (QED) is 0.236. The largest absolute Gasteiger partial charge is 0.384 e. The summed E-state index contributed by atoms with van der Waals surface area (Å²) in [4.78, 5) is 6.70. The number of anilines is 1. The van der Waals surface area contributed by atoms with Crippen molar-refractivity contribution >= 4 is 33.8 Å². The van der Waals surface area contributed by atoms with Crippen LogP contribution in [0.3, 0.4) is 0 Å². The molecule has 3 aromatic rings. The lowest BCUT2D eigenvalue weighted by Crippen LogP contribution is -2.16. The van der Waals surface area contributed by atoms with Crippen molar-refractivity contribution < 1.29 is 0 Å². The van der Waals surface area contributed by atoms with Crippen molar-refractivity contribution in [3.8, 4) is 0 Å². The number of fused-ring (bicyclic) bond motifs is 1. The van der Waals surface area contributed by atoms with E-state index in [1.807, 2.05) is 30.5 Å². The fourth-order valence-electron chi connectivity index (χ4n) is 2.80. The van der Waals surface area contributed by atoms with Crippen molar-refractivity contribution in [1.82, 2.24) is 9.88 Å². The molecule has 3 rings (SSSR count). The molecule has 2 aromatic carbocycles. The Balaban J connectivity index is 1.88. The zero-order valence-electron chi connectivity index (χ0n) is 16.2. The van der Waals surface area contributed by atoms with Gasteiger partial charge in [0, 0.05) is 29.1 Å². The number of nitrogens with one attached hydrogen (secondary N) is 2. The Hall–Kier alpha value is -3.32. The van der Waals surface area contributed by atoms with Gasteiger partial charge in [-0.2, -0.15) is 5.11 Å². The van der Waals surface area contributed by atoms with Gasteiger partial charge < -0.3 is 16.0 Å². The Labute approximate surface area is 164 Å². The average molecular weight is 375 g/mol. The monoisotopic (exact) mass is 375 g/mol. The Morgan fingerprint density at radius 2 is 1.86 bits per heavy atom. The zero-order valence-corrected chi connectivity index (χ0v) is 16.2. The summed E-state index contributed by atoms with van der Waals surface area (Å²) in [6.45, 7) is 1.80. The summed E-state index contributed by atoms with van der Waals surface area (Å²) in [6, 6.07) is 15.1. The Morgan fingerprint density at radius 1 is 1.11 bits per heavy atom. The maximum atomic E-state index is 7.47. The molecule has 4 N–H and O–H groups in total. The van der Waals surface area contributed by atoms with Gasteiger partial charge in [0.1, 0.15) is 11.5 Å². The van der Waals surface area contributed by atoms with Crippen LogP contribution in [-0.4, -0.2) is 42.9 Å². The highest BCUT2D eigenvalue weighted by Crippen LogP contribution is 2.33. The number of hydrogen-bond acceptors (Lipinski definition) is 6. The molecule has 0 unspecified atom stereocenters. The second-order valence-electron chi connectivity index (χ2n) is 6.79. The lowest BCUT2D eigenvalue weighted by atomic mass is 10.1. The van der Waals surface area contributed by atoms with Crippen LogP contribution in [0, 0.1) is 5.41 Å². The van der Waals surface area contributed by atoms with Gasteiger partial charge in [-0.25, -0.2) is 4.98 Å². The molecular formula is C21H25N7. The van der Waals surface area contributed by atoms with E-state index < -0.39 is 0 Å². The highest BCUT2D eigenvalue weighted by Gasteiger charge is 2.09. The van der Waals surface area contributed by atoms with Gasteiger partial charge in [0.05, 0.1) is 5.69 Å². The van der Waals surface area contributed by atoms with Crippen LogP contribution in [0.2, 0.25) is 0 Å². The van der Waals surface area contributed by atoms with Crippen LogP contribution in [0.1, 0.15) is 12.0 Å². The van der Waals surface area contributed by atoms with Gasteiger partial charge in [-0.15, -0.1) is 5.11 Å². The smallest absolute Gasteiger partial charge is 0.154 e. The van der Waals surface area contributed by atoms with Crippen LogP contribution >= 0.6 is 0 Å². The molecule has 0 bridgehead atoms. The first-order valence-corrected chi connectivity index (χ1v) is 9.17. The molecule has 0 saturated carbocycles. The van der Waals surface area contributed by atoms with E-state index in [1.165, 1.54) is 0 Å². The van der Waals surface area contributed by atoms with E-state index >= 15 is 0 Å². The third kappa shape index (κ3) is 4.89. The molecule has 0 aliphatic heterocycles. The number of pyridine rings is 1. The Kier molecular flexibility index (Phi) is 6.29. The second-order valence-corrected chi connectivity index (χ2v) is 6.79. The number of nitrogen functional groups attached to an aromatic ring is 1. The standard InChI is InChI=1S/C21H25N7/c1-28(2)13-5-12-24-21-19(18-7-4-3-6-16(18)14-25-21)27-26-17-10-8-15(9-11-17)20(22)23/h3-4,6-11,14H,5,12-13H2,1-2H3,(H3,22,23)(H,24,25). The van der Waals surface area contributed by atoms with Gasteiger partial charge in [0.15, 0.2) is 5.82 Å². The van der Waals surface area contributed by atoms with Gasteiger partial charge >= 0.3 is 0 Å². The van der Waals surface area contributed by atoms with E-state index in [2.05, 4.69) is 39.5 Å². The van der Waals surface area contributed by atoms with E-state index in [-0.39, 0.29) is 5.84 Å². The molecule has 28 heavy (non-hydrogen) atoms. The molecule has 7 heteroatoms. The Bertz CT molecular complexity index is 978. The summed E-state index contributed by atoms with van der Waals surface area (Å²) >= 11 is 0. The molecule has 144 valence electrons. The fourth-order valence-corrected chi connectivity index (χ4v) is 2.80. The van der Waals surface area contributed by atoms with E-state index in [4.69, 9.17) is 11.1 Å². The van der Waals surface area contributed by atoms with Crippen molar-refractivity contribution in [2.45, 2.75) is 6.42 Å². The Morgan fingerprint density at radius 3 is 2.57 bits per heavy atom. The topological polar surface area (TPSA) is 103 Å². The minimum Gasteiger partial charge on any atom is -0.384 e. The van der Waals surface area contributed by atoms with Gasteiger partial charge in [-0.05, 0) is 51.3 Å². The molecule has 0 aliphatic rings. The molecule has 7 nitrogen and oxygen atoms in total. The molecule has 0 spiro atoms. The highest BCUT2D eigenvalue weighted by atomic mass is 15.1. The molecular weight excluding hydrogens is 350 g/mol. The third-order valence-corrected chi connectivity index (χ3v) is 4.29. The highest BCUT2D eigenvalue weighted by molar-refractivity contribution is 5.96. The van der Waals surface area contributed by atoms with Gasteiger partial charge in [0.25, 0.3) is 0 Å². The van der Waals surface area contributed by atoms with Crippen LogP contribution in [0.4, 0.5) is 17.2 Å². The summed E-state index contributed by atoms with van der Waals surface area (Å²) < 4.78 is 0. The van der Waals surface area contributed by atoms with E-state index in [9.17, 15) is 0 Å². The predicted molar refractivity (Wildman–Crippen MR) is 115 cm³/mol. The summed E-state index contributed by atoms with van der Waals surface area (Å²) in [6.07, 6.45) is 2.86. The summed E-state index contributed by atoms with van der Waals surface area (Å²) in [5, 5.41) is 21.7. The molecule has 1 heterocycles. The molecule has 0 fully saturated rings. The molecule has 0 radical (unpaired) electrons. The number of rotatable bonds is 8. The molecule has 0 aliphatic carbocycles. The predicted octanol–water partition coefficient (Wildman–Crippen LogP) is 4.30. The van der Waals surface area contributed by atoms with Gasteiger partial charge in [-0.1, -0.05) is 24.3 Å². The molecule has 0 atom stereocenters. The summed E-state index contributed by atoms with van der Waals surface area (Å²) in [7, 11) is 4.12. The van der Waals surface area contributed by atoms with Crippen molar-refractivity contribution in [2.75, 3.05) is 32.5 Å². The number of azo groups is 1. The molecule has 0 saturated heterocycles. The van der Waals surface area contributed by atoms with Gasteiger partial charge in [-0.3, -0.25) is 5.41 Å². The van der Waals surface area contributed by atoms with Crippen molar-refractivity contribution in [1.29, 1.82) is 5.41 Å². The SMILES string of the molecule is CN(C)CCCNc1ncc2ccccc2c1N=Nc1ccc(C(=N)N)cc1. The van der Waals surface area contributed by atoms with E-state index in [1.54, 1.807) is 24.3 Å². The first-order chi connectivity index (χ1) is 13.5. The number of nitrogens with zero attached hydrogens (tertiary/aromatic N) is 4. The van der Waals surface area contributed by atoms with Crippen LogP contribution in [0.25, 0.3) is 10.8 Å². The van der Waals surface area contributed by atoms with Crippen molar-refractivity contribution in [3.63, 3.8) is 0 Å². The first-order valence-electron chi connectivity index (χ1n) is 9.17. The van der Waals surface area contributed by atoms with Crippen LogP contribution in [0.15, 0.2) is 65.0 Å². The minimum atomic E-state index is 0.0333. The van der Waals surface area contributed by atoms with Crippen molar-refractivity contribution in [3.05, 3.63) is 60.3 Å². The molecule has 1 aromatic heterocycles. The van der Waals surface area contributed by atoms with Crippen molar-refractivity contribution in [2.24, 2.45) is 16.0 Å². The normalized spacial score (nSPS) is 11.4. The third-order valence-electron chi connectivity index (χ3n) is 4.29. The van der Waals surface area contributed by atoms with E-state index in [0.29, 0.717) is 11.3 Å². The number of hydrogen-bond donors (Lipinski definition) is 3. The number of nitrogens with two attached hydrogens (primary N) is 1. The lowest BCUT2D eigenvalue weighted by Gasteiger charge is -2.12. The van der Waals surface area contributed by atoms with E-state index in [0.717, 1.165) is 41.8 Å². The zero-order chi connectivity index (χ0) is 19.9. The summed E-state index contributed by atoms with van der Waals surface area (Å²) in [5.74, 6) is 0.757. The van der Waals surface area contributed by atoms with Crippen LogP contribution in [-0.2, 0) is 0 Å². The molecule has 0 amide bonds. The van der Waals surface area contributed by atoms with Gasteiger partial charge in [0.2, 0.25) is 0 Å². The maximum absolute atomic E-state index is 7.47. The maximum Gasteiger partial charge on any atom is 0.154 e. The minimum absolute atomic E-state index is 0.0333.